The number of benzene rings is 1. The van der Waals surface area contributed by atoms with E-state index >= 15 is 0 Å². The minimum absolute atomic E-state index is 0.00274. The Balaban J connectivity index is 2.64. The fraction of sp³-hybridized carbons (Fsp3) is 0.429. The summed E-state index contributed by atoms with van der Waals surface area (Å²) in [5.41, 5.74) is 0.687. The highest BCUT2D eigenvalue weighted by molar-refractivity contribution is 9.09. The minimum atomic E-state index is -0.588. The Morgan fingerprint density at radius 1 is 1.15 bits per heavy atom. The lowest BCUT2D eigenvalue weighted by molar-refractivity contribution is -0.159. The van der Waals surface area contributed by atoms with E-state index in [-0.39, 0.29) is 17.7 Å². The van der Waals surface area contributed by atoms with Gasteiger partial charge in [-0.15, -0.1) is 0 Å². The van der Waals surface area contributed by atoms with Crippen LogP contribution in [0.5, 0.6) is 11.5 Å². The average Bonchev–Trinajstić information content (AvgIpc) is 2.37. The number of methoxy groups -OCH3 is 2. The van der Waals surface area contributed by atoms with E-state index in [9.17, 15) is 9.59 Å². The highest BCUT2D eigenvalue weighted by Gasteiger charge is 2.14. The summed E-state index contributed by atoms with van der Waals surface area (Å²) in [4.78, 5) is 23.0. The van der Waals surface area contributed by atoms with Gasteiger partial charge in [0.05, 0.1) is 27.1 Å². The lowest BCUT2D eigenvalue weighted by Gasteiger charge is -2.09. The van der Waals surface area contributed by atoms with Crippen LogP contribution in [0.1, 0.15) is 18.9 Å². The zero-order valence-corrected chi connectivity index (χ0v) is 13.2. The van der Waals surface area contributed by atoms with E-state index in [0.717, 1.165) is 0 Å². The normalized spacial score (nSPS) is 11.6. The van der Waals surface area contributed by atoms with Crippen LogP contribution in [0, 0.1) is 0 Å². The molecule has 0 N–H and O–H groups in total. The minimum Gasteiger partial charge on any atom is -0.493 e. The van der Waals surface area contributed by atoms with Gasteiger partial charge in [0, 0.05) is 4.83 Å². The topological polar surface area (TPSA) is 61.8 Å². The summed E-state index contributed by atoms with van der Waals surface area (Å²) in [5.74, 6) is -0.0257. The second-order valence-electron chi connectivity index (χ2n) is 4.20. The monoisotopic (exact) mass is 344 g/mol. The molecule has 0 fully saturated rings. The fourth-order valence-electron chi connectivity index (χ4n) is 1.59. The summed E-state index contributed by atoms with van der Waals surface area (Å²) in [6, 6.07) is 5.10. The molecule has 0 aliphatic carbocycles. The average molecular weight is 345 g/mol. The van der Waals surface area contributed by atoms with Crippen molar-refractivity contribution in [3.05, 3.63) is 23.8 Å². The molecule has 110 valence electrons. The molecule has 1 atom stereocenters. The van der Waals surface area contributed by atoms with E-state index in [1.54, 1.807) is 25.1 Å². The molecule has 0 saturated carbocycles. The Bertz CT molecular complexity index is 484. The zero-order chi connectivity index (χ0) is 15.1. The highest BCUT2D eigenvalue weighted by atomic mass is 79.9. The molecule has 6 heteroatoms. The quantitative estimate of drug-likeness (QED) is 0.450. The first-order valence-corrected chi connectivity index (χ1v) is 6.96. The second-order valence-corrected chi connectivity index (χ2v) is 5.76. The third-order valence-corrected chi connectivity index (χ3v) is 2.80. The maximum absolute atomic E-state index is 11.6. The van der Waals surface area contributed by atoms with Crippen LogP contribution >= 0.6 is 15.9 Å². The van der Waals surface area contributed by atoms with Crippen molar-refractivity contribution in [2.24, 2.45) is 0 Å². The Kier molecular flexibility index (Phi) is 6.51. The van der Waals surface area contributed by atoms with Gasteiger partial charge in [-0.05, 0) is 17.7 Å². The molecule has 1 unspecified atom stereocenters. The van der Waals surface area contributed by atoms with Gasteiger partial charge in [-0.1, -0.05) is 28.9 Å². The summed E-state index contributed by atoms with van der Waals surface area (Å²) in [5, 5.41) is 0. The van der Waals surface area contributed by atoms with Crippen molar-refractivity contribution in [1.82, 2.24) is 0 Å². The largest absolute Gasteiger partial charge is 0.493 e. The van der Waals surface area contributed by atoms with Gasteiger partial charge in [-0.25, -0.2) is 0 Å². The van der Waals surface area contributed by atoms with Gasteiger partial charge in [0.1, 0.15) is 0 Å². The number of esters is 2. The van der Waals surface area contributed by atoms with Gasteiger partial charge in [0.2, 0.25) is 0 Å². The third kappa shape index (κ3) is 5.21. The lowest BCUT2D eigenvalue weighted by atomic mass is 10.1. The van der Waals surface area contributed by atoms with E-state index in [0.29, 0.717) is 17.1 Å². The Morgan fingerprint density at radius 3 is 2.35 bits per heavy atom. The van der Waals surface area contributed by atoms with Gasteiger partial charge in [-0.2, -0.15) is 0 Å². The SMILES string of the molecule is COc1ccc(CC(=O)OC(=O)CC(C)Br)cc1OC. The number of rotatable bonds is 6. The zero-order valence-electron chi connectivity index (χ0n) is 11.6. The van der Waals surface area contributed by atoms with E-state index in [1.165, 1.54) is 14.2 Å². The first-order valence-electron chi connectivity index (χ1n) is 6.04. The summed E-state index contributed by atoms with van der Waals surface area (Å²) >= 11 is 3.22. The lowest BCUT2D eigenvalue weighted by Crippen LogP contribution is -2.16. The maximum atomic E-state index is 11.6. The smallest absolute Gasteiger partial charge is 0.317 e. The van der Waals surface area contributed by atoms with Crippen molar-refractivity contribution >= 4 is 27.9 Å². The van der Waals surface area contributed by atoms with E-state index < -0.39 is 11.9 Å². The molecule has 0 amide bonds. The van der Waals surface area contributed by atoms with Crippen LogP contribution in [-0.2, 0) is 20.7 Å². The molecule has 0 heterocycles. The maximum Gasteiger partial charge on any atom is 0.317 e. The van der Waals surface area contributed by atoms with Crippen LogP contribution in [0.2, 0.25) is 0 Å². The Hall–Kier alpha value is -1.56. The van der Waals surface area contributed by atoms with Crippen LogP contribution < -0.4 is 9.47 Å². The molecule has 0 radical (unpaired) electrons. The number of ether oxygens (including phenoxy) is 3. The number of hydrogen-bond donors (Lipinski definition) is 0. The molecule has 0 bridgehead atoms. The van der Waals surface area contributed by atoms with Gasteiger partial charge < -0.3 is 14.2 Å². The van der Waals surface area contributed by atoms with Crippen LogP contribution in [0.4, 0.5) is 0 Å². The molecule has 5 nitrogen and oxygen atoms in total. The summed E-state index contributed by atoms with van der Waals surface area (Å²) < 4.78 is 15.0. The predicted molar refractivity (Wildman–Crippen MR) is 77.4 cm³/mol. The van der Waals surface area contributed by atoms with Crippen molar-refractivity contribution in [2.75, 3.05) is 14.2 Å². The molecular weight excluding hydrogens is 328 g/mol. The van der Waals surface area contributed by atoms with Crippen molar-refractivity contribution in [3.8, 4) is 11.5 Å². The molecule has 1 rings (SSSR count). The Labute approximate surface area is 126 Å². The van der Waals surface area contributed by atoms with Crippen molar-refractivity contribution in [3.63, 3.8) is 0 Å². The molecule has 20 heavy (non-hydrogen) atoms. The number of halogens is 1. The first kappa shape index (κ1) is 16.5. The second kappa shape index (κ2) is 7.89. The van der Waals surface area contributed by atoms with Gasteiger partial charge in [-0.3, -0.25) is 9.59 Å². The molecule has 0 spiro atoms. The predicted octanol–water partition coefficient (Wildman–Crippen LogP) is 2.49. The number of alkyl halides is 1. The van der Waals surface area contributed by atoms with E-state index in [2.05, 4.69) is 15.9 Å². The molecule has 1 aromatic rings. The Morgan fingerprint density at radius 2 is 1.80 bits per heavy atom. The molecule has 0 saturated heterocycles. The number of carbonyl (C=O) groups is 2. The van der Waals surface area contributed by atoms with Gasteiger partial charge in [0.15, 0.2) is 11.5 Å². The molecule has 0 aromatic heterocycles. The summed E-state index contributed by atoms with van der Waals surface area (Å²) in [6.07, 6.45) is 0.153. The van der Waals surface area contributed by atoms with Gasteiger partial charge in [0.25, 0.3) is 0 Å². The van der Waals surface area contributed by atoms with Gasteiger partial charge >= 0.3 is 11.9 Å². The van der Waals surface area contributed by atoms with Crippen molar-refractivity contribution in [2.45, 2.75) is 24.6 Å². The van der Waals surface area contributed by atoms with Crippen LogP contribution in [0.15, 0.2) is 18.2 Å². The van der Waals surface area contributed by atoms with Crippen LogP contribution in [-0.4, -0.2) is 31.0 Å². The van der Waals surface area contributed by atoms with Crippen molar-refractivity contribution < 1.29 is 23.8 Å². The third-order valence-electron chi connectivity index (χ3n) is 2.47. The summed E-state index contributed by atoms with van der Waals surface area (Å²) in [7, 11) is 3.05. The van der Waals surface area contributed by atoms with Crippen molar-refractivity contribution in [1.29, 1.82) is 0 Å². The highest BCUT2D eigenvalue weighted by Crippen LogP contribution is 2.27. The standard InChI is InChI=1S/C14H17BrO5/c1-9(15)6-13(16)20-14(17)8-10-4-5-11(18-2)12(7-10)19-3/h4-5,7,9H,6,8H2,1-3H3. The summed E-state index contributed by atoms with van der Waals surface area (Å²) in [6.45, 7) is 1.81. The number of carbonyl (C=O) groups excluding carboxylic acids is 2. The number of hydrogen-bond acceptors (Lipinski definition) is 5. The first-order chi connectivity index (χ1) is 9.46. The van der Waals surface area contributed by atoms with E-state index in [4.69, 9.17) is 14.2 Å². The molecule has 1 aromatic carbocycles. The molecule has 0 aliphatic heterocycles. The molecule has 0 aliphatic rings. The van der Waals surface area contributed by atoms with Crippen LogP contribution in [0.25, 0.3) is 0 Å². The molecular formula is C14H17BrO5. The van der Waals surface area contributed by atoms with E-state index in [1.807, 2.05) is 0 Å². The fourth-order valence-corrected chi connectivity index (χ4v) is 1.86. The van der Waals surface area contributed by atoms with Crippen LogP contribution in [0.3, 0.4) is 0 Å².